The summed E-state index contributed by atoms with van der Waals surface area (Å²) in [4.78, 5) is 20.0. The third-order valence-corrected chi connectivity index (χ3v) is 4.84. The summed E-state index contributed by atoms with van der Waals surface area (Å²) in [6.07, 6.45) is 3.32. The molecule has 4 nitrogen and oxygen atoms in total. The lowest BCUT2D eigenvalue weighted by molar-refractivity contribution is -0.131. The molecular formula is C22H27N3O. The summed E-state index contributed by atoms with van der Waals surface area (Å²) in [5, 5.41) is 1.21. The number of nitrogens with one attached hydrogen (secondary N) is 1. The smallest absolute Gasteiger partial charge is 0.223 e. The SMILES string of the molecule is CCN(Cc1ccc(N(C)C)cc1)C(=O)CCc1c[nH]c2ccccc12. The van der Waals surface area contributed by atoms with Crippen LogP contribution in [0.1, 0.15) is 24.5 Å². The third-order valence-electron chi connectivity index (χ3n) is 4.84. The van der Waals surface area contributed by atoms with Crippen LogP contribution in [0.25, 0.3) is 10.9 Å². The molecule has 0 spiro atoms. The molecule has 0 radical (unpaired) electrons. The Morgan fingerprint density at radius 3 is 2.46 bits per heavy atom. The van der Waals surface area contributed by atoms with E-state index >= 15 is 0 Å². The van der Waals surface area contributed by atoms with Gasteiger partial charge in [0.1, 0.15) is 0 Å². The van der Waals surface area contributed by atoms with Gasteiger partial charge in [-0.25, -0.2) is 0 Å². The van der Waals surface area contributed by atoms with Crippen LogP contribution in [0.3, 0.4) is 0 Å². The van der Waals surface area contributed by atoms with Gasteiger partial charge in [-0.2, -0.15) is 0 Å². The molecule has 1 amide bonds. The molecule has 0 saturated heterocycles. The molecule has 0 fully saturated rings. The van der Waals surface area contributed by atoms with Crippen molar-refractivity contribution in [2.24, 2.45) is 0 Å². The van der Waals surface area contributed by atoms with Gasteiger partial charge in [-0.15, -0.1) is 0 Å². The van der Waals surface area contributed by atoms with Crippen LogP contribution in [0.4, 0.5) is 5.69 Å². The predicted octanol–water partition coefficient (Wildman–Crippen LogP) is 4.22. The first kappa shape index (κ1) is 18.1. The first-order valence-corrected chi connectivity index (χ1v) is 9.17. The Kier molecular flexibility index (Phi) is 5.61. The number of hydrogen-bond donors (Lipinski definition) is 1. The fourth-order valence-electron chi connectivity index (χ4n) is 3.23. The number of H-pyrrole nitrogens is 1. The lowest BCUT2D eigenvalue weighted by atomic mass is 10.1. The van der Waals surface area contributed by atoms with E-state index in [-0.39, 0.29) is 5.91 Å². The average Bonchev–Trinajstić information content (AvgIpc) is 3.07. The monoisotopic (exact) mass is 349 g/mol. The Hall–Kier alpha value is -2.75. The van der Waals surface area contributed by atoms with Crippen LogP contribution in [0, 0.1) is 0 Å². The number of hydrogen-bond acceptors (Lipinski definition) is 2. The Labute approximate surface area is 155 Å². The van der Waals surface area contributed by atoms with E-state index in [0.29, 0.717) is 13.0 Å². The van der Waals surface area contributed by atoms with Gasteiger partial charge in [0.15, 0.2) is 0 Å². The number of fused-ring (bicyclic) bond motifs is 1. The normalized spacial score (nSPS) is 10.9. The van der Waals surface area contributed by atoms with Gasteiger partial charge in [-0.05, 0) is 42.7 Å². The van der Waals surface area contributed by atoms with Crippen LogP contribution in [-0.4, -0.2) is 36.4 Å². The summed E-state index contributed by atoms with van der Waals surface area (Å²) in [6, 6.07) is 16.6. The van der Waals surface area contributed by atoms with Gasteiger partial charge in [0.05, 0.1) is 0 Å². The molecular weight excluding hydrogens is 322 g/mol. The van der Waals surface area contributed by atoms with Crippen molar-refractivity contribution >= 4 is 22.5 Å². The standard InChI is InChI=1S/C22H27N3O/c1-4-25(16-17-9-12-19(13-10-17)24(2)3)22(26)14-11-18-15-23-21-8-6-5-7-20(18)21/h5-10,12-13,15,23H,4,11,14,16H2,1-3H3. The zero-order valence-corrected chi connectivity index (χ0v) is 15.8. The van der Waals surface area contributed by atoms with Crippen LogP contribution < -0.4 is 4.90 Å². The van der Waals surface area contributed by atoms with Crippen molar-refractivity contribution in [1.82, 2.24) is 9.88 Å². The first-order chi connectivity index (χ1) is 12.6. The van der Waals surface area contributed by atoms with Crippen LogP contribution in [0.2, 0.25) is 0 Å². The highest BCUT2D eigenvalue weighted by atomic mass is 16.2. The number of anilines is 1. The van der Waals surface area contributed by atoms with Crippen molar-refractivity contribution in [3.63, 3.8) is 0 Å². The van der Waals surface area contributed by atoms with Crippen molar-refractivity contribution in [1.29, 1.82) is 0 Å². The maximum absolute atomic E-state index is 12.7. The molecule has 3 rings (SSSR count). The molecule has 0 unspecified atom stereocenters. The summed E-state index contributed by atoms with van der Waals surface area (Å²) in [7, 11) is 4.06. The van der Waals surface area contributed by atoms with Crippen molar-refractivity contribution in [3.8, 4) is 0 Å². The fraction of sp³-hybridized carbons (Fsp3) is 0.318. The minimum absolute atomic E-state index is 0.203. The molecule has 4 heteroatoms. The number of benzene rings is 2. The Morgan fingerprint density at radius 1 is 1.04 bits per heavy atom. The van der Waals surface area contributed by atoms with E-state index in [1.807, 2.05) is 44.2 Å². The highest BCUT2D eigenvalue weighted by Gasteiger charge is 2.13. The highest BCUT2D eigenvalue weighted by molar-refractivity contribution is 5.84. The Bertz CT molecular complexity index is 864. The molecule has 2 aromatic carbocycles. The van der Waals surface area contributed by atoms with Crippen LogP contribution in [0.5, 0.6) is 0 Å². The summed E-state index contributed by atoms with van der Waals surface area (Å²) in [5.41, 5.74) is 4.67. The van der Waals surface area contributed by atoms with E-state index in [1.165, 1.54) is 16.6 Å². The zero-order valence-electron chi connectivity index (χ0n) is 15.8. The van der Waals surface area contributed by atoms with Gasteiger partial charge in [-0.3, -0.25) is 4.79 Å². The number of aromatic nitrogens is 1. The molecule has 136 valence electrons. The van der Waals surface area contributed by atoms with Gasteiger partial charge < -0.3 is 14.8 Å². The summed E-state index contributed by atoms with van der Waals surface area (Å²) < 4.78 is 0. The number of aromatic amines is 1. The minimum Gasteiger partial charge on any atom is -0.378 e. The average molecular weight is 349 g/mol. The number of nitrogens with zero attached hydrogens (tertiary/aromatic N) is 2. The van der Waals surface area contributed by atoms with E-state index in [4.69, 9.17) is 0 Å². The molecule has 0 atom stereocenters. The van der Waals surface area contributed by atoms with Crippen molar-refractivity contribution < 1.29 is 4.79 Å². The summed E-state index contributed by atoms with van der Waals surface area (Å²) in [6.45, 7) is 3.43. The topological polar surface area (TPSA) is 39.3 Å². The quantitative estimate of drug-likeness (QED) is 0.694. The maximum atomic E-state index is 12.7. The van der Waals surface area contributed by atoms with Crippen molar-refractivity contribution in [2.45, 2.75) is 26.3 Å². The van der Waals surface area contributed by atoms with E-state index in [9.17, 15) is 4.79 Å². The molecule has 0 aliphatic heterocycles. The fourth-order valence-corrected chi connectivity index (χ4v) is 3.23. The van der Waals surface area contributed by atoms with E-state index in [2.05, 4.69) is 46.3 Å². The molecule has 0 bridgehead atoms. The highest BCUT2D eigenvalue weighted by Crippen LogP contribution is 2.20. The van der Waals surface area contributed by atoms with Crippen LogP contribution in [0.15, 0.2) is 54.7 Å². The van der Waals surface area contributed by atoms with E-state index in [0.717, 1.165) is 24.0 Å². The lowest BCUT2D eigenvalue weighted by Crippen LogP contribution is -2.30. The van der Waals surface area contributed by atoms with Crippen molar-refractivity contribution in [2.75, 3.05) is 25.5 Å². The van der Waals surface area contributed by atoms with Gasteiger partial charge in [0, 0.05) is 56.4 Å². The van der Waals surface area contributed by atoms with E-state index < -0.39 is 0 Å². The Balaban J connectivity index is 1.61. The largest absolute Gasteiger partial charge is 0.378 e. The van der Waals surface area contributed by atoms with Gasteiger partial charge in [0.2, 0.25) is 5.91 Å². The number of carbonyl (C=O) groups excluding carboxylic acids is 1. The molecule has 0 aliphatic rings. The van der Waals surface area contributed by atoms with E-state index in [1.54, 1.807) is 0 Å². The molecule has 3 aromatic rings. The number of carbonyl (C=O) groups is 1. The summed E-state index contributed by atoms with van der Waals surface area (Å²) in [5.74, 6) is 0.203. The zero-order chi connectivity index (χ0) is 18.5. The summed E-state index contributed by atoms with van der Waals surface area (Å²) >= 11 is 0. The second-order valence-corrected chi connectivity index (χ2v) is 6.83. The molecule has 1 N–H and O–H groups in total. The van der Waals surface area contributed by atoms with Crippen molar-refractivity contribution in [3.05, 3.63) is 65.9 Å². The minimum atomic E-state index is 0.203. The second-order valence-electron chi connectivity index (χ2n) is 6.83. The lowest BCUT2D eigenvalue weighted by Gasteiger charge is -2.21. The molecule has 1 heterocycles. The van der Waals surface area contributed by atoms with Gasteiger partial charge in [-0.1, -0.05) is 30.3 Å². The molecule has 0 aliphatic carbocycles. The first-order valence-electron chi connectivity index (χ1n) is 9.17. The second kappa shape index (κ2) is 8.09. The number of para-hydroxylation sites is 1. The Morgan fingerprint density at radius 2 is 1.77 bits per heavy atom. The molecule has 1 aromatic heterocycles. The molecule has 26 heavy (non-hydrogen) atoms. The van der Waals surface area contributed by atoms with Gasteiger partial charge >= 0.3 is 0 Å². The molecule has 0 saturated carbocycles. The van der Waals surface area contributed by atoms with Crippen LogP contribution in [-0.2, 0) is 17.8 Å². The maximum Gasteiger partial charge on any atom is 0.223 e. The number of rotatable bonds is 7. The number of amides is 1. The third kappa shape index (κ3) is 4.07. The van der Waals surface area contributed by atoms with Gasteiger partial charge in [0.25, 0.3) is 0 Å². The number of aryl methyl sites for hydroxylation is 1. The predicted molar refractivity (Wildman–Crippen MR) is 108 cm³/mol. The van der Waals surface area contributed by atoms with Crippen LogP contribution >= 0.6 is 0 Å².